The lowest BCUT2D eigenvalue weighted by molar-refractivity contribution is 0.159. The Kier molecular flexibility index (Phi) is 12.1. The lowest BCUT2D eigenvalue weighted by Gasteiger charge is -2.36. The Morgan fingerprint density at radius 2 is 1.92 bits per heavy atom. The average Bonchev–Trinajstić information content (AvgIpc) is 2.54. The van der Waals surface area contributed by atoms with Crippen LogP contribution >= 0.6 is 40.7 Å². The molecule has 2 rings (SSSR count). The second-order valence-electron chi connectivity index (χ2n) is 5.84. The SMILES string of the molecule is CCCCC[C@H](c1cc(Br)cc(OC)c1O)N1CCNCC1.Cl.Cl. The van der Waals surface area contributed by atoms with E-state index in [0.29, 0.717) is 5.75 Å². The number of rotatable bonds is 7. The minimum atomic E-state index is 0. The first-order valence-corrected chi connectivity index (χ1v) is 8.97. The predicted molar refractivity (Wildman–Crippen MR) is 108 cm³/mol. The van der Waals surface area contributed by atoms with Crippen molar-refractivity contribution in [3.8, 4) is 11.5 Å². The van der Waals surface area contributed by atoms with Crippen LogP contribution < -0.4 is 10.1 Å². The molecule has 0 aliphatic carbocycles. The van der Waals surface area contributed by atoms with E-state index in [1.165, 1.54) is 19.3 Å². The number of nitrogens with one attached hydrogen (secondary N) is 1. The number of methoxy groups -OCH3 is 1. The molecule has 24 heavy (non-hydrogen) atoms. The van der Waals surface area contributed by atoms with Crippen LogP contribution in [0.4, 0.5) is 0 Å². The fourth-order valence-corrected chi connectivity index (χ4v) is 3.57. The number of aromatic hydroxyl groups is 1. The zero-order valence-electron chi connectivity index (χ0n) is 14.4. The molecular formula is C17H29BrCl2N2O2. The molecule has 1 heterocycles. The molecule has 1 aromatic carbocycles. The molecule has 0 saturated carbocycles. The third kappa shape index (κ3) is 6.26. The van der Waals surface area contributed by atoms with E-state index in [-0.39, 0.29) is 36.6 Å². The lowest BCUT2D eigenvalue weighted by Crippen LogP contribution is -2.45. The van der Waals surface area contributed by atoms with E-state index < -0.39 is 0 Å². The number of benzene rings is 1. The topological polar surface area (TPSA) is 44.7 Å². The van der Waals surface area contributed by atoms with Crippen LogP contribution in [0.15, 0.2) is 16.6 Å². The molecule has 4 nitrogen and oxygen atoms in total. The molecule has 1 aromatic rings. The van der Waals surface area contributed by atoms with E-state index in [9.17, 15) is 5.11 Å². The van der Waals surface area contributed by atoms with Crippen molar-refractivity contribution in [2.45, 2.75) is 38.6 Å². The molecule has 0 aromatic heterocycles. The number of ether oxygens (including phenoxy) is 1. The lowest BCUT2D eigenvalue weighted by atomic mass is 9.97. The molecule has 0 spiro atoms. The monoisotopic (exact) mass is 442 g/mol. The highest BCUT2D eigenvalue weighted by Gasteiger charge is 2.26. The van der Waals surface area contributed by atoms with Crippen LogP contribution in [0, 0.1) is 0 Å². The van der Waals surface area contributed by atoms with Gasteiger partial charge in [0.2, 0.25) is 0 Å². The molecule has 1 saturated heterocycles. The summed E-state index contributed by atoms with van der Waals surface area (Å²) in [6.45, 7) is 6.28. The van der Waals surface area contributed by atoms with Crippen molar-refractivity contribution < 1.29 is 9.84 Å². The molecule has 0 amide bonds. The Labute approximate surface area is 166 Å². The summed E-state index contributed by atoms with van der Waals surface area (Å²) in [6.07, 6.45) is 4.69. The summed E-state index contributed by atoms with van der Waals surface area (Å²) in [7, 11) is 1.60. The first-order valence-electron chi connectivity index (χ1n) is 8.18. The number of piperazine rings is 1. The van der Waals surface area contributed by atoms with E-state index in [0.717, 1.165) is 42.6 Å². The molecular weight excluding hydrogens is 415 g/mol. The van der Waals surface area contributed by atoms with Crippen LogP contribution in [0.3, 0.4) is 0 Å². The van der Waals surface area contributed by atoms with Gasteiger partial charge in [0.05, 0.1) is 7.11 Å². The zero-order chi connectivity index (χ0) is 15.9. The fraction of sp³-hybridized carbons (Fsp3) is 0.647. The van der Waals surface area contributed by atoms with E-state index in [1.807, 2.05) is 12.1 Å². The highest BCUT2D eigenvalue weighted by molar-refractivity contribution is 9.10. The number of nitrogens with zero attached hydrogens (tertiary/aromatic N) is 1. The summed E-state index contributed by atoms with van der Waals surface area (Å²) in [6, 6.07) is 4.11. The van der Waals surface area contributed by atoms with Crippen molar-refractivity contribution in [2.75, 3.05) is 33.3 Å². The van der Waals surface area contributed by atoms with Gasteiger partial charge in [-0.1, -0.05) is 42.1 Å². The number of hydrogen-bond donors (Lipinski definition) is 2. The minimum absolute atomic E-state index is 0. The van der Waals surface area contributed by atoms with Gasteiger partial charge in [-0.15, -0.1) is 24.8 Å². The summed E-state index contributed by atoms with van der Waals surface area (Å²) >= 11 is 3.54. The van der Waals surface area contributed by atoms with Gasteiger partial charge < -0.3 is 15.2 Å². The summed E-state index contributed by atoms with van der Waals surface area (Å²) in [5, 5.41) is 14.0. The van der Waals surface area contributed by atoms with Crippen LogP contribution in [0.25, 0.3) is 0 Å². The molecule has 2 N–H and O–H groups in total. The summed E-state index contributed by atoms with van der Waals surface area (Å²) in [5.41, 5.74) is 0.976. The molecule has 1 atom stereocenters. The van der Waals surface area contributed by atoms with Crippen LogP contribution in [0.5, 0.6) is 11.5 Å². The smallest absolute Gasteiger partial charge is 0.162 e. The van der Waals surface area contributed by atoms with Crippen LogP contribution in [-0.2, 0) is 0 Å². The maximum absolute atomic E-state index is 10.6. The van der Waals surface area contributed by atoms with Gasteiger partial charge in [0, 0.05) is 42.3 Å². The number of unbranched alkanes of at least 4 members (excludes halogenated alkanes) is 2. The third-order valence-corrected chi connectivity index (χ3v) is 4.78. The normalized spacial score (nSPS) is 16.0. The molecule has 140 valence electrons. The van der Waals surface area contributed by atoms with E-state index >= 15 is 0 Å². The van der Waals surface area contributed by atoms with Crippen LogP contribution in [-0.4, -0.2) is 43.3 Å². The Bertz CT molecular complexity index is 486. The third-order valence-electron chi connectivity index (χ3n) is 4.32. The highest BCUT2D eigenvalue weighted by atomic mass is 79.9. The van der Waals surface area contributed by atoms with Crippen molar-refractivity contribution in [3.63, 3.8) is 0 Å². The second kappa shape index (κ2) is 12.2. The largest absolute Gasteiger partial charge is 0.504 e. The van der Waals surface area contributed by atoms with Crippen molar-refractivity contribution in [1.82, 2.24) is 10.2 Å². The molecule has 0 unspecified atom stereocenters. The zero-order valence-corrected chi connectivity index (χ0v) is 17.6. The van der Waals surface area contributed by atoms with Gasteiger partial charge in [-0.3, -0.25) is 4.90 Å². The van der Waals surface area contributed by atoms with Gasteiger partial charge in [0.15, 0.2) is 11.5 Å². The van der Waals surface area contributed by atoms with Gasteiger partial charge >= 0.3 is 0 Å². The first kappa shape index (κ1) is 23.8. The Morgan fingerprint density at radius 3 is 2.50 bits per heavy atom. The van der Waals surface area contributed by atoms with E-state index in [1.54, 1.807) is 7.11 Å². The number of phenolic OH excluding ortho intramolecular Hbond substituents is 1. The Balaban J connectivity index is 0.00000264. The van der Waals surface area contributed by atoms with Crippen molar-refractivity contribution in [3.05, 3.63) is 22.2 Å². The van der Waals surface area contributed by atoms with Crippen LogP contribution in [0.2, 0.25) is 0 Å². The minimum Gasteiger partial charge on any atom is -0.504 e. The Morgan fingerprint density at radius 1 is 1.25 bits per heavy atom. The summed E-state index contributed by atoms with van der Waals surface area (Å²) in [5.74, 6) is 0.825. The van der Waals surface area contributed by atoms with E-state index in [4.69, 9.17) is 4.74 Å². The first-order chi connectivity index (χ1) is 10.7. The van der Waals surface area contributed by atoms with Crippen molar-refractivity contribution >= 4 is 40.7 Å². The molecule has 1 fully saturated rings. The average molecular weight is 444 g/mol. The van der Waals surface area contributed by atoms with Gasteiger partial charge in [0.1, 0.15) is 0 Å². The number of halogens is 3. The summed E-state index contributed by atoms with van der Waals surface area (Å²) in [4.78, 5) is 2.48. The van der Waals surface area contributed by atoms with Gasteiger partial charge in [-0.05, 0) is 18.6 Å². The second-order valence-corrected chi connectivity index (χ2v) is 6.76. The number of hydrogen-bond acceptors (Lipinski definition) is 4. The maximum atomic E-state index is 10.6. The van der Waals surface area contributed by atoms with E-state index in [2.05, 4.69) is 33.1 Å². The van der Waals surface area contributed by atoms with Gasteiger partial charge in [-0.2, -0.15) is 0 Å². The van der Waals surface area contributed by atoms with Gasteiger partial charge in [-0.25, -0.2) is 0 Å². The molecule has 1 aliphatic rings. The molecule has 1 aliphatic heterocycles. The van der Waals surface area contributed by atoms with Crippen molar-refractivity contribution in [1.29, 1.82) is 0 Å². The molecule has 7 heteroatoms. The standard InChI is InChI=1S/C17H27BrN2O2.2ClH/c1-3-4-5-6-15(20-9-7-19-8-10-20)14-11-13(18)12-16(22-2)17(14)21;;/h11-12,15,19,21H,3-10H2,1-2H3;2*1H/t15-;;/m1../s1. The fourth-order valence-electron chi connectivity index (χ4n) is 3.12. The predicted octanol–water partition coefficient (Wildman–Crippen LogP) is 4.53. The van der Waals surface area contributed by atoms with Crippen LogP contribution in [0.1, 0.15) is 44.2 Å². The molecule has 0 bridgehead atoms. The maximum Gasteiger partial charge on any atom is 0.162 e. The molecule has 0 radical (unpaired) electrons. The highest BCUT2D eigenvalue weighted by Crippen LogP contribution is 2.40. The number of phenols is 1. The Hall–Kier alpha value is -0.200. The van der Waals surface area contributed by atoms with Gasteiger partial charge in [0.25, 0.3) is 0 Å². The van der Waals surface area contributed by atoms with Crippen molar-refractivity contribution in [2.24, 2.45) is 0 Å². The summed E-state index contributed by atoms with van der Waals surface area (Å²) < 4.78 is 6.27. The quantitative estimate of drug-likeness (QED) is 0.607.